The van der Waals surface area contributed by atoms with E-state index in [4.69, 9.17) is 21.7 Å². The molecule has 1 aromatic rings. The fourth-order valence-electron chi connectivity index (χ4n) is 3.92. The zero-order chi connectivity index (χ0) is 19.6. The monoisotopic (exact) mass is 388 g/mol. The van der Waals surface area contributed by atoms with Gasteiger partial charge in [-0.1, -0.05) is 32.0 Å². The molecule has 0 spiro atoms. The van der Waals surface area contributed by atoms with E-state index in [1.54, 1.807) is 7.11 Å². The summed E-state index contributed by atoms with van der Waals surface area (Å²) in [5.41, 5.74) is 2.14. The van der Waals surface area contributed by atoms with Gasteiger partial charge in [-0.2, -0.15) is 0 Å². The van der Waals surface area contributed by atoms with Crippen LogP contribution in [0.2, 0.25) is 0 Å². The predicted molar refractivity (Wildman–Crippen MR) is 109 cm³/mol. The van der Waals surface area contributed by atoms with Crippen LogP contribution in [0, 0.1) is 11.8 Å². The topological polar surface area (TPSA) is 59.6 Å². The summed E-state index contributed by atoms with van der Waals surface area (Å²) in [6.07, 6.45) is 2.89. The van der Waals surface area contributed by atoms with Gasteiger partial charge < -0.3 is 20.1 Å². The standard InChI is InChI=1S/C21H28N2O3S/c1-12-9-10-15(11-13(12)2)26-20(24)18-14(3)22-21(27)23-19(18)16-7-5-6-8-17(16)25-4/h5-8,12-13,15,19H,9-11H2,1-4H3,(H2,22,23,27)/t12-,13+,15-,19-/m1/s1. The number of carbonyl (C=O) groups is 1. The van der Waals surface area contributed by atoms with Crippen LogP contribution < -0.4 is 15.4 Å². The molecule has 4 atom stereocenters. The first kappa shape index (κ1) is 19.7. The van der Waals surface area contributed by atoms with E-state index >= 15 is 0 Å². The Morgan fingerprint density at radius 2 is 1.93 bits per heavy atom. The lowest BCUT2D eigenvalue weighted by Gasteiger charge is -2.34. The highest BCUT2D eigenvalue weighted by atomic mass is 32.1. The Hall–Kier alpha value is -2.08. The second kappa shape index (κ2) is 8.30. The molecule has 6 heteroatoms. The number of allylic oxidation sites excluding steroid dienone is 1. The Kier molecular flexibility index (Phi) is 6.05. The van der Waals surface area contributed by atoms with Crippen molar-refractivity contribution >= 4 is 23.3 Å². The van der Waals surface area contributed by atoms with Crippen LogP contribution in [-0.2, 0) is 9.53 Å². The lowest BCUT2D eigenvalue weighted by molar-refractivity contribution is -0.147. The van der Waals surface area contributed by atoms with Gasteiger partial charge in [-0.25, -0.2) is 4.79 Å². The maximum Gasteiger partial charge on any atom is 0.338 e. The summed E-state index contributed by atoms with van der Waals surface area (Å²) in [5, 5.41) is 6.75. The second-order valence-electron chi connectivity index (χ2n) is 7.61. The van der Waals surface area contributed by atoms with Gasteiger partial charge in [0, 0.05) is 11.3 Å². The Morgan fingerprint density at radius 1 is 1.19 bits per heavy atom. The third kappa shape index (κ3) is 4.26. The lowest BCUT2D eigenvalue weighted by atomic mass is 9.80. The maximum atomic E-state index is 13.1. The molecule has 0 unspecified atom stereocenters. The number of methoxy groups -OCH3 is 1. The van der Waals surface area contributed by atoms with E-state index in [0.29, 0.717) is 28.3 Å². The number of carbonyl (C=O) groups excluding carboxylic acids is 1. The van der Waals surface area contributed by atoms with Crippen molar-refractivity contribution in [1.82, 2.24) is 10.6 Å². The molecule has 5 nitrogen and oxygen atoms in total. The molecule has 3 rings (SSSR count). The summed E-state index contributed by atoms with van der Waals surface area (Å²) in [7, 11) is 1.62. The van der Waals surface area contributed by atoms with E-state index < -0.39 is 6.04 Å². The van der Waals surface area contributed by atoms with E-state index in [9.17, 15) is 4.79 Å². The first-order chi connectivity index (χ1) is 12.9. The van der Waals surface area contributed by atoms with Crippen molar-refractivity contribution in [2.75, 3.05) is 7.11 Å². The average molecular weight is 389 g/mol. The number of thiocarbonyl (C=S) groups is 1. The number of nitrogens with one attached hydrogen (secondary N) is 2. The number of rotatable bonds is 4. The third-order valence-electron chi connectivity index (χ3n) is 5.76. The zero-order valence-electron chi connectivity index (χ0n) is 16.4. The normalized spacial score (nSPS) is 28.2. The number of esters is 1. The Morgan fingerprint density at radius 3 is 2.63 bits per heavy atom. The molecule has 27 heavy (non-hydrogen) atoms. The molecule has 0 aromatic heterocycles. The quantitative estimate of drug-likeness (QED) is 0.603. The first-order valence-electron chi connectivity index (χ1n) is 9.52. The van der Waals surface area contributed by atoms with E-state index in [0.717, 1.165) is 30.5 Å². The molecule has 1 aliphatic carbocycles. The van der Waals surface area contributed by atoms with Gasteiger partial charge in [0.25, 0.3) is 0 Å². The minimum absolute atomic E-state index is 0.0313. The molecule has 1 heterocycles. The SMILES string of the molecule is COc1ccccc1[C@H]1NC(=S)NC(C)=C1C(=O)O[C@@H]1CC[C@@H](C)[C@@H](C)C1. The fourth-order valence-corrected chi connectivity index (χ4v) is 4.19. The van der Waals surface area contributed by atoms with Crippen molar-refractivity contribution in [3.05, 3.63) is 41.1 Å². The van der Waals surface area contributed by atoms with Crippen LogP contribution in [-0.4, -0.2) is 24.3 Å². The average Bonchev–Trinajstić information content (AvgIpc) is 2.64. The largest absolute Gasteiger partial charge is 0.496 e. The van der Waals surface area contributed by atoms with Gasteiger partial charge in [0.2, 0.25) is 0 Å². The van der Waals surface area contributed by atoms with Crippen molar-refractivity contribution < 1.29 is 14.3 Å². The molecule has 1 aromatic carbocycles. The molecular formula is C21H28N2O3S. The van der Waals surface area contributed by atoms with Gasteiger partial charge in [-0.3, -0.25) is 0 Å². The highest BCUT2D eigenvalue weighted by Crippen LogP contribution is 2.35. The number of hydrogen-bond acceptors (Lipinski definition) is 4. The number of benzene rings is 1. The number of para-hydroxylation sites is 1. The van der Waals surface area contributed by atoms with Crippen LogP contribution in [0.3, 0.4) is 0 Å². The maximum absolute atomic E-state index is 13.1. The van der Waals surface area contributed by atoms with Gasteiger partial charge in [0.15, 0.2) is 5.11 Å². The van der Waals surface area contributed by atoms with Crippen molar-refractivity contribution in [1.29, 1.82) is 0 Å². The fraction of sp³-hybridized carbons (Fsp3) is 0.524. The minimum Gasteiger partial charge on any atom is -0.496 e. The minimum atomic E-state index is -0.401. The molecule has 0 radical (unpaired) electrons. The van der Waals surface area contributed by atoms with Crippen LogP contribution in [0.25, 0.3) is 0 Å². The van der Waals surface area contributed by atoms with Gasteiger partial charge in [-0.15, -0.1) is 0 Å². The summed E-state index contributed by atoms with van der Waals surface area (Å²) >= 11 is 5.32. The molecule has 0 saturated heterocycles. The van der Waals surface area contributed by atoms with Crippen LogP contribution in [0.1, 0.15) is 51.6 Å². The molecule has 1 aliphatic heterocycles. The highest BCUT2D eigenvalue weighted by Gasteiger charge is 2.35. The first-order valence-corrected chi connectivity index (χ1v) is 9.93. The van der Waals surface area contributed by atoms with Crippen molar-refractivity contribution in [3.8, 4) is 5.75 Å². The molecule has 1 fully saturated rings. The van der Waals surface area contributed by atoms with Gasteiger partial charge in [0.1, 0.15) is 11.9 Å². The lowest BCUT2D eigenvalue weighted by Crippen LogP contribution is -2.45. The smallest absolute Gasteiger partial charge is 0.338 e. The summed E-state index contributed by atoms with van der Waals surface area (Å²) in [5.74, 6) is 1.65. The van der Waals surface area contributed by atoms with E-state index in [1.165, 1.54) is 0 Å². The van der Waals surface area contributed by atoms with Crippen molar-refractivity contribution in [2.45, 2.75) is 52.2 Å². The Labute approximate surface area is 166 Å². The second-order valence-corrected chi connectivity index (χ2v) is 8.02. The van der Waals surface area contributed by atoms with Gasteiger partial charge in [-0.05, 0) is 56.3 Å². The van der Waals surface area contributed by atoms with Crippen LogP contribution >= 0.6 is 12.2 Å². The summed E-state index contributed by atoms with van der Waals surface area (Å²) < 4.78 is 11.4. The molecule has 2 aliphatic rings. The molecule has 146 valence electrons. The van der Waals surface area contributed by atoms with Crippen LogP contribution in [0.4, 0.5) is 0 Å². The van der Waals surface area contributed by atoms with Gasteiger partial charge >= 0.3 is 5.97 Å². The number of hydrogen-bond donors (Lipinski definition) is 2. The van der Waals surface area contributed by atoms with Gasteiger partial charge in [0.05, 0.1) is 18.7 Å². The predicted octanol–water partition coefficient (Wildman–Crippen LogP) is 3.86. The molecule has 2 N–H and O–H groups in total. The van der Waals surface area contributed by atoms with E-state index in [2.05, 4.69) is 24.5 Å². The van der Waals surface area contributed by atoms with Crippen LogP contribution in [0.5, 0.6) is 5.75 Å². The zero-order valence-corrected chi connectivity index (χ0v) is 17.2. The van der Waals surface area contributed by atoms with E-state index in [1.807, 2.05) is 31.2 Å². The van der Waals surface area contributed by atoms with E-state index in [-0.39, 0.29) is 12.1 Å². The van der Waals surface area contributed by atoms with Crippen molar-refractivity contribution in [3.63, 3.8) is 0 Å². The molecule has 1 saturated carbocycles. The molecule has 0 amide bonds. The molecule has 0 bridgehead atoms. The number of ether oxygens (including phenoxy) is 2. The summed E-state index contributed by atoms with van der Waals surface area (Å²) in [4.78, 5) is 13.1. The molecular weight excluding hydrogens is 360 g/mol. The van der Waals surface area contributed by atoms with Crippen LogP contribution in [0.15, 0.2) is 35.5 Å². The summed E-state index contributed by atoms with van der Waals surface area (Å²) in [6, 6.07) is 7.25. The highest BCUT2D eigenvalue weighted by molar-refractivity contribution is 7.80. The summed E-state index contributed by atoms with van der Waals surface area (Å²) in [6.45, 7) is 6.36. The third-order valence-corrected chi connectivity index (χ3v) is 5.98. The Balaban J connectivity index is 1.87. The van der Waals surface area contributed by atoms with Crippen molar-refractivity contribution in [2.24, 2.45) is 11.8 Å². The Bertz CT molecular complexity index is 762.